The van der Waals surface area contributed by atoms with Gasteiger partial charge >= 0.3 is 6.18 Å². The average Bonchev–Trinajstić information content (AvgIpc) is 2.15. The van der Waals surface area contributed by atoms with Gasteiger partial charge in [0.25, 0.3) is 5.88 Å². The molecule has 1 aromatic rings. The van der Waals surface area contributed by atoms with Crippen LogP contribution in [0, 0.1) is 5.82 Å². The maximum Gasteiger partial charge on any atom is 0.422 e. The molecule has 0 spiro atoms. The van der Waals surface area contributed by atoms with Crippen LogP contribution in [0.4, 0.5) is 23.2 Å². The Bertz CT molecular complexity index is 429. The number of hydrogen-bond acceptors (Lipinski definition) is 4. The molecule has 0 radical (unpaired) electrons. The molecule has 0 saturated carbocycles. The third-order valence-corrected chi connectivity index (χ3v) is 1.43. The standard InChI is InChI=1S/C8H4F4N2OS/c9-6-1-5(14-4-16)2-13-7(6)15-3-8(10,11)12/h1-2H,3H2. The number of pyridine rings is 1. The van der Waals surface area contributed by atoms with E-state index < -0.39 is 24.5 Å². The van der Waals surface area contributed by atoms with E-state index in [9.17, 15) is 17.6 Å². The van der Waals surface area contributed by atoms with Gasteiger partial charge in [0, 0.05) is 6.07 Å². The minimum Gasteiger partial charge on any atom is -0.466 e. The fourth-order valence-electron chi connectivity index (χ4n) is 0.786. The van der Waals surface area contributed by atoms with Gasteiger partial charge in [-0.05, 0) is 12.2 Å². The predicted octanol–water partition coefficient (Wildman–Crippen LogP) is 2.90. The van der Waals surface area contributed by atoms with Gasteiger partial charge in [-0.2, -0.15) is 18.2 Å². The fraction of sp³-hybridized carbons (Fsp3) is 0.250. The van der Waals surface area contributed by atoms with E-state index >= 15 is 0 Å². The first kappa shape index (κ1) is 12.5. The van der Waals surface area contributed by atoms with E-state index in [1.807, 2.05) is 5.16 Å². The number of nitrogens with zero attached hydrogens (tertiary/aromatic N) is 2. The smallest absolute Gasteiger partial charge is 0.422 e. The van der Waals surface area contributed by atoms with Crippen LogP contribution < -0.4 is 4.74 Å². The van der Waals surface area contributed by atoms with Gasteiger partial charge < -0.3 is 4.74 Å². The third kappa shape index (κ3) is 3.92. The van der Waals surface area contributed by atoms with Gasteiger partial charge in [-0.1, -0.05) is 0 Å². The van der Waals surface area contributed by atoms with Gasteiger partial charge in [-0.3, -0.25) is 0 Å². The lowest BCUT2D eigenvalue weighted by molar-refractivity contribution is -0.154. The van der Waals surface area contributed by atoms with Gasteiger partial charge in [0.1, 0.15) is 0 Å². The molecule has 0 amide bonds. The maximum atomic E-state index is 13.1. The Morgan fingerprint density at radius 3 is 2.69 bits per heavy atom. The van der Waals surface area contributed by atoms with Gasteiger partial charge in [-0.25, -0.2) is 9.37 Å². The highest BCUT2D eigenvalue weighted by Crippen LogP contribution is 2.22. The van der Waals surface area contributed by atoms with Crippen LogP contribution in [-0.2, 0) is 0 Å². The molecular weight excluding hydrogens is 248 g/mol. The molecule has 1 aromatic heterocycles. The lowest BCUT2D eigenvalue weighted by Crippen LogP contribution is -2.20. The summed E-state index contributed by atoms with van der Waals surface area (Å²) in [5.41, 5.74) is 0.0480. The molecule has 0 saturated heterocycles. The zero-order valence-corrected chi connectivity index (χ0v) is 8.40. The number of rotatable bonds is 3. The molecule has 0 N–H and O–H groups in total. The lowest BCUT2D eigenvalue weighted by atomic mass is 10.4. The van der Waals surface area contributed by atoms with Gasteiger partial charge in [-0.15, -0.1) is 0 Å². The molecule has 0 aromatic carbocycles. The fourth-order valence-corrected chi connectivity index (χ4v) is 0.891. The zero-order chi connectivity index (χ0) is 12.2. The summed E-state index contributed by atoms with van der Waals surface area (Å²) in [7, 11) is 0. The van der Waals surface area contributed by atoms with E-state index in [1.54, 1.807) is 0 Å². The third-order valence-electron chi connectivity index (χ3n) is 1.34. The van der Waals surface area contributed by atoms with Gasteiger partial charge in [0.15, 0.2) is 12.4 Å². The second-order valence-corrected chi connectivity index (χ2v) is 2.77. The minimum atomic E-state index is -4.54. The summed E-state index contributed by atoms with van der Waals surface area (Å²) in [6.07, 6.45) is -3.52. The SMILES string of the molecule is Fc1cc(N=C=S)cnc1OCC(F)(F)F. The Balaban J connectivity index is 2.79. The average molecular weight is 252 g/mol. The van der Waals surface area contributed by atoms with Crippen molar-refractivity contribution in [3.05, 3.63) is 18.1 Å². The summed E-state index contributed by atoms with van der Waals surface area (Å²) in [5, 5.41) is 1.97. The maximum absolute atomic E-state index is 13.1. The quantitative estimate of drug-likeness (QED) is 0.471. The highest BCUT2D eigenvalue weighted by molar-refractivity contribution is 7.78. The molecule has 0 fully saturated rings. The Morgan fingerprint density at radius 2 is 2.19 bits per heavy atom. The summed E-state index contributed by atoms with van der Waals surface area (Å²) >= 11 is 4.26. The first-order chi connectivity index (χ1) is 7.42. The van der Waals surface area contributed by atoms with Crippen LogP contribution >= 0.6 is 12.2 Å². The van der Waals surface area contributed by atoms with E-state index in [1.165, 1.54) is 0 Å². The van der Waals surface area contributed by atoms with E-state index in [4.69, 9.17) is 0 Å². The number of thiocarbonyl (C=S) groups is 1. The monoisotopic (exact) mass is 252 g/mol. The highest BCUT2D eigenvalue weighted by Gasteiger charge is 2.29. The van der Waals surface area contributed by atoms with Crippen molar-refractivity contribution in [2.45, 2.75) is 6.18 Å². The summed E-state index contributed by atoms with van der Waals surface area (Å²) < 4.78 is 52.5. The number of ether oxygens (including phenoxy) is 1. The van der Waals surface area contributed by atoms with Crippen LogP contribution in [0.1, 0.15) is 0 Å². The van der Waals surface area contributed by atoms with Crippen molar-refractivity contribution >= 4 is 23.1 Å². The zero-order valence-electron chi connectivity index (χ0n) is 7.58. The predicted molar refractivity (Wildman–Crippen MR) is 50.4 cm³/mol. The number of aliphatic imine (C=N–C) groups is 1. The molecule has 1 rings (SSSR count). The van der Waals surface area contributed by atoms with Crippen molar-refractivity contribution in [3.8, 4) is 5.88 Å². The molecule has 16 heavy (non-hydrogen) atoms. The van der Waals surface area contributed by atoms with Crippen molar-refractivity contribution in [2.24, 2.45) is 4.99 Å². The van der Waals surface area contributed by atoms with Crippen LogP contribution in [0.15, 0.2) is 17.3 Å². The molecule has 1 heterocycles. The van der Waals surface area contributed by atoms with Crippen molar-refractivity contribution in [2.75, 3.05) is 6.61 Å². The van der Waals surface area contributed by atoms with Crippen molar-refractivity contribution < 1.29 is 22.3 Å². The second kappa shape index (κ2) is 5.00. The van der Waals surface area contributed by atoms with E-state index in [0.717, 1.165) is 12.3 Å². The molecule has 8 heteroatoms. The second-order valence-electron chi connectivity index (χ2n) is 2.59. The topological polar surface area (TPSA) is 34.5 Å². The summed E-state index contributed by atoms with van der Waals surface area (Å²) in [5.74, 6) is -1.78. The largest absolute Gasteiger partial charge is 0.466 e. The normalized spacial score (nSPS) is 10.8. The Labute approximate surface area is 92.8 Å². The molecule has 0 aliphatic rings. The van der Waals surface area contributed by atoms with Crippen LogP contribution in [0.5, 0.6) is 5.88 Å². The molecule has 0 bridgehead atoms. The van der Waals surface area contributed by atoms with Crippen molar-refractivity contribution in [1.82, 2.24) is 4.98 Å². The molecular formula is C8H4F4N2OS. The molecule has 0 aliphatic carbocycles. The van der Waals surface area contributed by atoms with Gasteiger partial charge in [0.2, 0.25) is 0 Å². The first-order valence-corrected chi connectivity index (χ1v) is 4.26. The molecule has 86 valence electrons. The summed E-state index contributed by atoms with van der Waals surface area (Å²) in [4.78, 5) is 6.72. The van der Waals surface area contributed by atoms with E-state index in [-0.39, 0.29) is 5.69 Å². The summed E-state index contributed by atoms with van der Waals surface area (Å²) in [6.45, 7) is -1.60. The number of alkyl halides is 3. The number of hydrogen-bond donors (Lipinski definition) is 0. The molecule has 3 nitrogen and oxygen atoms in total. The van der Waals surface area contributed by atoms with Crippen LogP contribution in [0.25, 0.3) is 0 Å². The van der Waals surface area contributed by atoms with Gasteiger partial charge in [0.05, 0.1) is 17.0 Å². The van der Waals surface area contributed by atoms with Crippen LogP contribution in [0.2, 0.25) is 0 Å². The minimum absolute atomic E-state index is 0.0480. The van der Waals surface area contributed by atoms with E-state index in [2.05, 4.69) is 26.9 Å². The summed E-state index contributed by atoms with van der Waals surface area (Å²) in [6, 6.07) is 0.845. The molecule has 0 unspecified atom stereocenters. The van der Waals surface area contributed by atoms with E-state index in [0.29, 0.717) is 0 Å². The highest BCUT2D eigenvalue weighted by atomic mass is 32.1. The number of halogens is 4. The Morgan fingerprint density at radius 1 is 1.50 bits per heavy atom. The molecule has 0 atom stereocenters. The first-order valence-electron chi connectivity index (χ1n) is 3.85. The van der Waals surface area contributed by atoms with Crippen molar-refractivity contribution in [1.29, 1.82) is 0 Å². The van der Waals surface area contributed by atoms with Crippen LogP contribution in [0.3, 0.4) is 0 Å². The Hall–Kier alpha value is -1.53. The number of aromatic nitrogens is 1. The molecule has 0 aliphatic heterocycles. The Kier molecular flexibility index (Phi) is 3.92. The van der Waals surface area contributed by atoms with Crippen LogP contribution in [-0.4, -0.2) is 22.9 Å². The van der Waals surface area contributed by atoms with Crippen molar-refractivity contribution in [3.63, 3.8) is 0 Å². The lowest BCUT2D eigenvalue weighted by Gasteiger charge is -2.08. The number of isothiocyanates is 1.